The van der Waals surface area contributed by atoms with Crippen LogP contribution in [0.15, 0.2) is 71.8 Å². The predicted molar refractivity (Wildman–Crippen MR) is 187 cm³/mol. The zero-order chi connectivity index (χ0) is 34.6. The lowest BCUT2D eigenvalue weighted by atomic mass is 9.59. The standard InChI is InChI=1S/C38H43N5O5S/c1-24-8-6-9-25(2)34(24)32-15-33-41-36(40-32)42-49(45,46)31-11-7-10-26(14-31)35(44)43(30(21-48-33)18-37(3,4)5)20-29-13-12-27(19-39-29)28-16-38(17-28)22-47-23-38/h6-15,19,28,30H,16-18,20-23H2,1-5H3,(H,40,41,42)/t30-/m1/s1. The third-order valence-corrected chi connectivity index (χ3v) is 11.2. The number of carbonyl (C=O) groups excluding carboxylic acids is 1. The zero-order valence-electron chi connectivity index (χ0n) is 28.7. The van der Waals surface area contributed by atoms with Gasteiger partial charge in [-0.1, -0.05) is 51.1 Å². The molecule has 256 valence electrons. The lowest BCUT2D eigenvalue weighted by molar-refractivity contribution is -0.164. The Labute approximate surface area is 288 Å². The normalized spacial score (nSPS) is 20.1. The lowest BCUT2D eigenvalue weighted by Crippen LogP contribution is -2.51. The summed E-state index contributed by atoms with van der Waals surface area (Å²) in [5.74, 6) is 0.270. The molecule has 1 amide bonds. The Morgan fingerprint density at radius 2 is 1.71 bits per heavy atom. The zero-order valence-corrected chi connectivity index (χ0v) is 29.5. The van der Waals surface area contributed by atoms with E-state index in [1.165, 1.54) is 17.7 Å². The van der Waals surface area contributed by atoms with E-state index in [0.717, 1.165) is 48.4 Å². The Hall–Kier alpha value is -4.35. The number of fused-ring (bicyclic) bond motifs is 4. The summed E-state index contributed by atoms with van der Waals surface area (Å²) in [6.45, 7) is 12.4. The molecule has 0 radical (unpaired) electrons. The molecule has 3 aliphatic rings. The fraction of sp³-hybridized carbons (Fsp3) is 0.421. The number of rotatable bonds is 5. The van der Waals surface area contributed by atoms with Gasteiger partial charge in [-0.2, -0.15) is 4.98 Å². The summed E-state index contributed by atoms with van der Waals surface area (Å²) in [7, 11) is -4.16. The van der Waals surface area contributed by atoms with Crippen LogP contribution in [0.4, 0.5) is 5.95 Å². The first-order valence-corrected chi connectivity index (χ1v) is 18.3. The molecule has 0 unspecified atom stereocenters. The predicted octanol–water partition coefficient (Wildman–Crippen LogP) is 6.69. The van der Waals surface area contributed by atoms with Gasteiger partial charge in [-0.05, 0) is 85.4 Å². The molecule has 1 atom stereocenters. The minimum absolute atomic E-state index is 0.0638. The highest BCUT2D eigenvalue weighted by atomic mass is 32.2. The number of ether oxygens (including phenoxy) is 2. The number of nitrogens with one attached hydrogen (secondary N) is 1. The van der Waals surface area contributed by atoms with Crippen molar-refractivity contribution in [1.29, 1.82) is 0 Å². The highest BCUT2D eigenvalue weighted by Gasteiger charge is 2.50. The smallest absolute Gasteiger partial charge is 0.264 e. The summed E-state index contributed by atoms with van der Waals surface area (Å²) in [4.78, 5) is 30.1. The number of carbonyl (C=O) groups is 1. The summed E-state index contributed by atoms with van der Waals surface area (Å²) in [6, 6.07) is 17.5. The van der Waals surface area contributed by atoms with Crippen molar-refractivity contribution in [3.05, 3.63) is 94.8 Å². The van der Waals surface area contributed by atoms with E-state index < -0.39 is 16.1 Å². The van der Waals surface area contributed by atoms with Gasteiger partial charge in [0.05, 0.1) is 42.1 Å². The number of benzene rings is 2. The van der Waals surface area contributed by atoms with Crippen LogP contribution in [-0.4, -0.2) is 60.0 Å². The molecule has 1 aliphatic carbocycles. The number of amides is 1. The maximum absolute atomic E-state index is 14.5. The van der Waals surface area contributed by atoms with Crippen LogP contribution in [0.25, 0.3) is 11.3 Å². The van der Waals surface area contributed by atoms with Gasteiger partial charge in [0.15, 0.2) is 0 Å². The number of hydrogen-bond donors (Lipinski definition) is 1. The second kappa shape index (κ2) is 12.5. The number of pyridine rings is 1. The van der Waals surface area contributed by atoms with E-state index in [1.54, 1.807) is 23.1 Å². The highest BCUT2D eigenvalue weighted by Crippen LogP contribution is 2.55. The molecule has 2 aliphatic heterocycles. The second-order valence-corrected chi connectivity index (χ2v) is 16.8. The Kier molecular flexibility index (Phi) is 8.47. The maximum Gasteiger partial charge on any atom is 0.264 e. The molecule has 10 nitrogen and oxygen atoms in total. The maximum atomic E-state index is 14.5. The van der Waals surface area contributed by atoms with Gasteiger partial charge in [0.1, 0.15) is 6.61 Å². The molecule has 1 spiro atoms. The van der Waals surface area contributed by atoms with Crippen LogP contribution in [0.2, 0.25) is 0 Å². The number of aromatic nitrogens is 3. The monoisotopic (exact) mass is 681 g/mol. The largest absolute Gasteiger partial charge is 0.475 e. The first-order chi connectivity index (χ1) is 23.3. The van der Waals surface area contributed by atoms with Crippen LogP contribution in [0.1, 0.15) is 78.7 Å². The van der Waals surface area contributed by atoms with E-state index in [0.29, 0.717) is 23.4 Å². The molecule has 7 rings (SSSR count). The molecule has 4 bridgehead atoms. The molecule has 1 saturated carbocycles. The highest BCUT2D eigenvalue weighted by molar-refractivity contribution is 7.92. The molecule has 2 aromatic heterocycles. The van der Waals surface area contributed by atoms with Crippen LogP contribution in [-0.2, 0) is 21.3 Å². The van der Waals surface area contributed by atoms with E-state index >= 15 is 0 Å². The number of sulfonamides is 1. The fourth-order valence-corrected chi connectivity index (χ4v) is 8.33. The molecule has 1 saturated heterocycles. The summed E-state index contributed by atoms with van der Waals surface area (Å²) >= 11 is 0. The van der Waals surface area contributed by atoms with Crippen LogP contribution in [0, 0.1) is 24.7 Å². The Bertz CT molecular complexity index is 1980. The quantitative estimate of drug-likeness (QED) is 0.247. The molecule has 2 fully saturated rings. The van der Waals surface area contributed by atoms with Crippen LogP contribution >= 0.6 is 0 Å². The molecule has 4 heterocycles. The number of hydrogen-bond acceptors (Lipinski definition) is 8. The van der Waals surface area contributed by atoms with E-state index in [2.05, 4.69) is 41.5 Å². The third-order valence-electron chi connectivity index (χ3n) is 9.86. The topological polar surface area (TPSA) is 124 Å². The van der Waals surface area contributed by atoms with Crippen LogP contribution < -0.4 is 9.46 Å². The van der Waals surface area contributed by atoms with Gasteiger partial charge in [-0.25, -0.2) is 18.1 Å². The fourth-order valence-electron chi connectivity index (χ4n) is 7.34. The summed E-state index contributed by atoms with van der Waals surface area (Å²) < 4.78 is 41.8. The van der Waals surface area contributed by atoms with Crippen molar-refractivity contribution >= 4 is 21.9 Å². The van der Waals surface area contributed by atoms with Gasteiger partial charge < -0.3 is 14.4 Å². The Balaban J connectivity index is 1.27. The van der Waals surface area contributed by atoms with Gasteiger partial charge in [0, 0.05) is 28.8 Å². The van der Waals surface area contributed by atoms with Crippen molar-refractivity contribution in [2.24, 2.45) is 10.8 Å². The van der Waals surface area contributed by atoms with Crippen molar-refractivity contribution in [1.82, 2.24) is 19.9 Å². The van der Waals surface area contributed by atoms with Gasteiger partial charge in [-0.15, -0.1) is 0 Å². The van der Waals surface area contributed by atoms with Crippen molar-refractivity contribution in [2.75, 3.05) is 24.5 Å². The summed E-state index contributed by atoms with van der Waals surface area (Å²) in [5, 5.41) is 0. The van der Waals surface area contributed by atoms with Gasteiger partial charge in [0.25, 0.3) is 15.9 Å². The van der Waals surface area contributed by atoms with Crippen molar-refractivity contribution < 1.29 is 22.7 Å². The van der Waals surface area contributed by atoms with Crippen LogP contribution in [0.3, 0.4) is 0 Å². The van der Waals surface area contributed by atoms with Gasteiger partial charge in [0.2, 0.25) is 11.8 Å². The van der Waals surface area contributed by atoms with Crippen LogP contribution in [0.5, 0.6) is 5.88 Å². The minimum atomic E-state index is -4.16. The third kappa shape index (κ3) is 6.91. The Morgan fingerprint density at radius 1 is 0.980 bits per heavy atom. The second-order valence-electron chi connectivity index (χ2n) is 15.2. The van der Waals surface area contributed by atoms with E-state index in [9.17, 15) is 13.2 Å². The SMILES string of the molecule is Cc1cccc(C)c1-c1cc2nc(n1)NS(=O)(=O)c1cccc(c1)C(=O)N(Cc1ccc(C3CC4(COC4)C3)cn1)[C@H](CC(C)(C)C)CO2. The average Bonchev–Trinajstić information content (AvgIpc) is 3.00. The molecule has 49 heavy (non-hydrogen) atoms. The number of anilines is 1. The van der Waals surface area contributed by atoms with E-state index in [1.807, 2.05) is 44.3 Å². The lowest BCUT2D eigenvalue weighted by Gasteiger charge is -2.53. The summed E-state index contributed by atoms with van der Waals surface area (Å²) in [6.07, 6.45) is 4.78. The average molecular weight is 682 g/mol. The first-order valence-electron chi connectivity index (χ1n) is 16.8. The van der Waals surface area contributed by atoms with E-state index in [4.69, 9.17) is 14.5 Å². The van der Waals surface area contributed by atoms with Gasteiger partial charge in [-0.3, -0.25) is 9.78 Å². The van der Waals surface area contributed by atoms with Crippen molar-refractivity contribution in [3.63, 3.8) is 0 Å². The van der Waals surface area contributed by atoms with Crippen molar-refractivity contribution in [2.45, 2.75) is 77.3 Å². The summed E-state index contributed by atoms with van der Waals surface area (Å²) in [5.41, 5.74) is 5.77. The van der Waals surface area contributed by atoms with Crippen molar-refractivity contribution in [3.8, 4) is 17.1 Å². The molecular formula is C38H43N5O5S. The first kappa shape index (κ1) is 33.2. The molecule has 11 heteroatoms. The minimum Gasteiger partial charge on any atom is -0.475 e. The molecular weight excluding hydrogens is 639 g/mol. The Morgan fingerprint density at radius 3 is 2.37 bits per heavy atom. The van der Waals surface area contributed by atoms with Gasteiger partial charge >= 0.3 is 0 Å². The number of aryl methyl sites for hydroxylation is 2. The molecule has 1 N–H and O–H groups in total. The number of nitrogens with zero attached hydrogens (tertiary/aromatic N) is 4. The molecule has 4 aromatic rings. The van der Waals surface area contributed by atoms with E-state index in [-0.39, 0.29) is 46.8 Å². The molecule has 2 aromatic carbocycles.